The molecule has 0 aliphatic heterocycles. The van der Waals surface area contributed by atoms with Gasteiger partial charge in [0.1, 0.15) is 11.3 Å². The third-order valence-corrected chi connectivity index (χ3v) is 4.58. The normalized spacial score (nSPS) is 10.7. The van der Waals surface area contributed by atoms with Crippen molar-refractivity contribution in [1.82, 2.24) is 9.80 Å². The van der Waals surface area contributed by atoms with Gasteiger partial charge < -0.3 is 19.0 Å². The molecule has 7 heteroatoms. The van der Waals surface area contributed by atoms with Crippen LogP contribution < -0.4 is 10.4 Å². The molecule has 1 heterocycles. The SMILES string of the molecule is CCN(CC)C(=O)CN(C)C(=O)COc1ccc2c(C)cc(=O)oc2c1C. The molecule has 0 bridgehead atoms. The number of fused-ring (bicyclic) bond motifs is 1. The molecular formula is C20H26N2O5. The Labute approximate surface area is 158 Å². The second kappa shape index (κ2) is 8.70. The number of hydrogen-bond donors (Lipinski definition) is 0. The van der Waals surface area contributed by atoms with Gasteiger partial charge in [0.25, 0.3) is 5.91 Å². The number of ether oxygens (including phenoxy) is 1. The largest absolute Gasteiger partial charge is 0.483 e. The fourth-order valence-electron chi connectivity index (χ4n) is 2.87. The molecule has 0 aliphatic carbocycles. The lowest BCUT2D eigenvalue weighted by Gasteiger charge is -2.23. The number of amides is 2. The molecule has 0 spiro atoms. The Morgan fingerprint density at radius 1 is 1.11 bits per heavy atom. The van der Waals surface area contributed by atoms with Crippen molar-refractivity contribution < 1.29 is 18.7 Å². The average molecular weight is 374 g/mol. The molecule has 0 saturated heterocycles. The van der Waals surface area contributed by atoms with Gasteiger partial charge in [-0.05, 0) is 45.4 Å². The van der Waals surface area contributed by atoms with E-state index in [-0.39, 0.29) is 25.0 Å². The van der Waals surface area contributed by atoms with Gasteiger partial charge >= 0.3 is 5.63 Å². The molecule has 0 aliphatic rings. The standard InChI is InChI=1S/C20H26N2O5/c1-6-22(7-2)17(23)11-21(5)18(24)12-26-16-9-8-15-13(3)10-19(25)27-20(15)14(16)4/h8-10H,6-7,11-12H2,1-5H3. The van der Waals surface area contributed by atoms with Crippen LogP contribution in [0.4, 0.5) is 0 Å². The van der Waals surface area contributed by atoms with Crippen molar-refractivity contribution in [3.63, 3.8) is 0 Å². The molecule has 2 aromatic rings. The predicted octanol–water partition coefficient (Wildman–Crippen LogP) is 2.12. The molecule has 1 aromatic heterocycles. The van der Waals surface area contributed by atoms with E-state index >= 15 is 0 Å². The van der Waals surface area contributed by atoms with Gasteiger partial charge in [-0.3, -0.25) is 9.59 Å². The number of nitrogens with zero attached hydrogens (tertiary/aromatic N) is 2. The fourth-order valence-corrected chi connectivity index (χ4v) is 2.87. The van der Waals surface area contributed by atoms with E-state index in [2.05, 4.69) is 0 Å². The number of likely N-dealkylation sites (N-methyl/N-ethyl adjacent to an activating group) is 2. The molecule has 0 fully saturated rings. The third-order valence-electron chi connectivity index (χ3n) is 4.58. The maximum atomic E-state index is 12.3. The van der Waals surface area contributed by atoms with Crippen LogP contribution in [0.3, 0.4) is 0 Å². The monoisotopic (exact) mass is 374 g/mol. The number of benzene rings is 1. The van der Waals surface area contributed by atoms with E-state index in [1.165, 1.54) is 11.0 Å². The lowest BCUT2D eigenvalue weighted by atomic mass is 10.1. The maximum absolute atomic E-state index is 12.3. The summed E-state index contributed by atoms with van der Waals surface area (Å²) < 4.78 is 10.9. The first-order valence-electron chi connectivity index (χ1n) is 8.97. The van der Waals surface area contributed by atoms with Gasteiger partial charge in [-0.1, -0.05) is 0 Å². The Hall–Kier alpha value is -2.83. The van der Waals surface area contributed by atoms with Crippen molar-refractivity contribution in [1.29, 1.82) is 0 Å². The molecule has 0 radical (unpaired) electrons. The molecule has 0 N–H and O–H groups in total. The highest BCUT2D eigenvalue weighted by atomic mass is 16.5. The van der Waals surface area contributed by atoms with E-state index in [0.717, 1.165) is 10.9 Å². The van der Waals surface area contributed by atoms with Crippen molar-refractivity contribution in [3.8, 4) is 5.75 Å². The summed E-state index contributed by atoms with van der Waals surface area (Å²) in [6.07, 6.45) is 0. The number of rotatable bonds is 7. The maximum Gasteiger partial charge on any atom is 0.336 e. The highest BCUT2D eigenvalue weighted by molar-refractivity contribution is 5.86. The quantitative estimate of drug-likeness (QED) is 0.694. The predicted molar refractivity (Wildman–Crippen MR) is 103 cm³/mol. The fraction of sp³-hybridized carbons (Fsp3) is 0.450. The zero-order valence-electron chi connectivity index (χ0n) is 16.5. The molecule has 0 unspecified atom stereocenters. The zero-order chi connectivity index (χ0) is 20.1. The molecular weight excluding hydrogens is 348 g/mol. The van der Waals surface area contributed by atoms with E-state index in [9.17, 15) is 14.4 Å². The van der Waals surface area contributed by atoms with E-state index in [4.69, 9.17) is 9.15 Å². The average Bonchev–Trinajstić information content (AvgIpc) is 2.62. The van der Waals surface area contributed by atoms with Crippen molar-refractivity contribution in [2.75, 3.05) is 33.3 Å². The van der Waals surface area contributed by atoms with Crippen LogP contribution in [0.15, 0.2) is 27.4 Å². The van der Waals surface area contributed by atoms with Crippen LogP contribution in [0.2, 0.25) is 0 Å². The van der Waals surface area contributed by atoms with Crippen molar-refractivity contribution in [3.05, 3.63) is 39.7 Å². The Bertz CT molecular complexity index is 899. The first-order chi connectivity index (χ1) is 12.8. The van der Waals surface area contributed by atoms with Gasteiger partial charge in [0, 0.05) is 37.2 Å². The Kier molecular flexibility index (Phi) is 6.60. The minimum absolute atomic E-state index is 0.00858. The number of hydrogen-bond acceptors (Lipinski definition) is 5. The number of aryl methyl sites for hydroxylation is 2. The van der Waals surface area contributed by atoms with Crippen molar-refractivity contribution in [2.45, 2.75) is 27.7 Å². The van der Waals surface area contributed by atoms with Crippen LogP contribution in [0.5, 0.6) is 5.75 Å². The van der Waals surface area contributed by atoms with Crippen LogP contribution in [0.1, 0.15) is 25.0 Å². The van der Waals surface area contributed by atoms with Gasteiger partial charge in [-0.2, -0.15) is 0 Å². The van der Waals surface area contributed by atoms with E-state index in [1.807, 2.05) is 20.8 Å². The van der Waals surface area contributed by atoms with Crippen LogP contribution in [-0.2, 0) is 9.59 Å². The lowest BCUT2D eigenvalue weighted by molar-refractivity contribution is -0.140. The summed E-state index contributed by atoms with van der Waals surface area (Å²) in [5, 5.41) is 0.827. The molecule has 1 aromatic carbocycles. The molecule has 0 saturated carbocycles. The minimum Gasteiger partial charge on any atom is -0.483 e. The van der Waals surface area contributed by atoms with Gasteiger partial charge in [0.2, 0.25) is 5.91 Å². The van der Waals surface area contributed by atoms with Crippen molar-refractivity contribution >= 4 is 22.8 Å². The molecule has 0 atom stereocenters. The van der Waals surface area contributed by atoms with Gasteiger partial charge in [-0.25, -0.2) is 4.79 Å². The summed E-state index contributed by atoms with van der Waals surface area (Å²) >= 11 is 0. The molecule has 146 valence electrons. The van der Waals surface area contributed by atoms with Gasteiger partial charge in [-0.15, -0.1) is 0 Å². The van der Waals surface area contributed by atoms with Crippen LogP contribution >= 0.6 is 0 Å². The van der Waals surface area contributed by atoms with Crippen molar-refractivity contribution in [2.24, 2.45) is 0 Å². The zero-order valence-corrected chi connectivity index (χ0v) is 16.5. The number of carbonyl (C=O) groups excluding carboxylic acids is 2. The molecule has 27 heavy (non-hydrogen) atoms. The molecule has 2 amide bonds. The van der Waals surface area contributed by atoms with Crippen LogP contribution in [-0.4, -0.2) is 54.9 Å². The molecule has 2 rings (SSSR count). The van der Waals surface area contributed by atoms with Crippen LogP contribution in [0, 0.1) is 13.8 Å². The topological polar surface area (TPSA) is 80.1 Å². The first kappa shape index (κ1) is 20.5. The lowest BCUT2D eigenvalue weighted by Crippen LogP contribution is -2.42. The summed E-state index contributed by atoms with van der Waals surface area (Å²) in [5.41, 5.74) is 1.51. The summed E-state index contributed by atoms with van der Waals surface area (Å²) in [7, 11) is 1.57. The summed E-state index contributed by atoms with van der Waals surface area (Å²) in [5.74, 6) is 0.0590. The Balaban J connectivity index is 2.08. The second-order valence-corrected chi connectivity index (χ2v) is 6.42. The van der Waals surface area contributed by atoms with E-state index in [1.54, 1.807) is 31.0 Å². The second-order valence-electron chi connectivity index (χ2n) is 6.42. The Morgan fingerprint density at radius 3 is 2.41 bits per heavy atom. The highest BCUT2D eigenvalue weighted by Gasteiger charge is 2.18. The smallest absolute Gasteiger partial charge is 0.336 e. The van der Waals surface area contributed by atoms with Crippen LogP contribution in [0.25, 0.3) is 11.0 Å². The van der Waals surface area contributed by atoms with Gasteiger partial charge in [0.15, 0.2) is 6.61 Å². The highest BCUT2D eigenvalue weighted by Crippen LogP contribution is 2.28. The summed E-state index contributed by atoms with van der Waals surface area (Å²) in [6, 6.07) is 4.99. The minimum atomic E-state index is -0.425. The summed E-state index contributed by atoms with van der Waals surface area (Å²) in [4.78, 5) is 39.0. The first-order valence-corrected chi connectivity index (χ1v) is 8.97. The van der Waals surface area contributed by atoms with E-state index < -0.39 is 5.63 Å². The number of carbonyl (C=O) groups is 2. The third kappa shape index (κ3) is 4.67. The Morgan fingerprint density at radius 2 is 1.78 bits per heavy atom. The van der Waals surface area contributed by atoms with Gasteiger partial charge in [0.05, 0.1) is 6.54 Å². The van der Waals surface area contributed by atoms with E-state index in [0.29, 0.717) is 30.0 Å². The summed E-state index contributed by atoms with van der Waals surface area (Å²) in [6.45, 7) is 8.43. The molecule has 7 nitrogen and oxygen atoms in total.